The van der Waals surface area contributed by atoms with Crippen molar-refractivity contribution in [3.8, 4) is 55.9 Å². The van der Waals surface area contributed by atoms with E-state index in [9.17, 15) is 0 Å². The molecule has 0 radical (unpaired) electrons. The first-order valence-corrected chi connectivity index (χ1v) is 17.0. The second kappa shape index (κ2) is 10.4. The van der Waals surface area contributed by atoms with Gasteiger partial charge in [0.15, 0.2) is 0 Å². The summed E-state index contributed by atoms with van der Waals surface area (Å²) in [6, 6.07) is 58.5. The van der Waals surface area contributed by atoms with E-state index in [2.05, 4.69) is 158 Å². The van der Waals surface area contributed by atoms with E-state index in [-0.39, 0.29) is 0 Å². The van der Waals surface area contributed by atoms with Crippen molar-refractivity contribution in [2.24, 2.45) is 0 Å². The summed E-state index contributed by atoms with van der Waals surface area (Å²) in [5, 5.41) is 7.03. The summed E-state index contributed by atoms with van der Waals surface area (Å²) in [4.78, 5) is 15.4. The van der Waals surface area contributed by atoms with Crippen molar-refractivity contribution in [2.45, 2.75) is 0 Å². The van der Waals surface area contributed by atoms with Crippen molar-refractivity contribution in [2.75, 3.05) is 0 Å². The summed E-state index contributed by atoms with van der Waals surface area (Å²) < 4.78 is 0. The number of pyridine rings is 3. The Hall–Kier alpha value is -6.71. The monoisotopic (exact) mass is 633 g/mol. The molecular formula is C47H27N3. The smallest absolute Gasteiger partial charge is 0.0972 e. The highest BCUT2D eigenvalue weighted by Crippen LogP contribution is 2.48. The molecule has 3 nitrogen and oxygen atoms in total. The van der Waals surface area contributed by atoms with Gasteiger partial charge in [0, 0.05) is 32.7 Å². The van der Waals surface area contributed by atoms with Crippen LogP contribution in [0.15, 0.2) is 164 Å². The minimum absolute atomic E-state index is 0.905. The molecular weight excluding hydrogens is 607 g/mol. The molecule has 0 spiro atoms. The number of para-hydroxylation sites is 1. The standard InChI is InChI=1S/C47H27N3/c1-2-13-41-33(6-1)25-36-26-35(19-23-44(36)48-41)43-22-18-30-15-14-29-17-21-42(49-46(29)47(30)50-43)34-10-3-9-31(24-34)32-16-20-37-38-11-4-7-28-8-5-12-39(45(28)38)40(37)27-32/h1-27H. The molecule has 0 amide bonds. The molecule has 10 aromatic rings. The fourth-order valence-corrected chi connectivity index (χ4v) is 7.86. The largest absolute Gasteiger partial charge is 0.248 e. The highest BCUT2D eigenvalue weighted by atomic mass is 14.8. The van der Waals surface area contributed by atoms with Gasteiger partial charge in [-0.15, -0.1) is 0 Å². The van der Waals surface area contributed by atoms with Crippen molar-refractivity contribution in [3.63, 3.8) is 0 Å². The van der Waals surface area contributed by atoms with Crippen LogP contribution in [0.1, 0.15) is 0 Å². The van der Waals surface area contributed by atoms with Crippen LogP contribution in [-0.2, 0) is 0 Å². The van der Waals surface area contributed by atoms with Crippen molar-refractivity contribution in [1.82, 2.24) is 15.0 Å². The molecule has 0 fully saturated rings. The predicted molar refractivity (Wildman–Crippen MR) is 208 cm³/mol. The zero-order valence-corrected chi connectivity index (χ0v) is 26.9. The number of fused-ring (bicyclic) bond motifs is 8. The predicted octanol–water partition coefficient (Wildman–Crippen LogP) is 12.3. The number of rotatable bonds is 3. The SMILES string of the molecule is c1cc(-c2ccc3c(c2)-c2cccc4cccc-3c24)cc(-c2ccc3ccc4ccc(-c5ccc6nc7ccccc7cc6c5)nc4c3n2)c1. The highest BCUT2D eigenvalue weighted by Gasteiger charge is 2.21. The van der Waals surface area contributed by atoms with Gasteiger partial charge in [-0.25, -0.2) is 15.0 Å². The first-order chi connectivity index (χ1) is 24.7. The Morgan fingerprint density at radius 3 is 1.68 bits per heavy atom. The van der Waals surface area contributed by atoms with E-state index in [4.69, 9.17) is 15.0 Å². The molecule has 0 unspecified atom stereocenters. The Balaban J connectivity index is 0.997. The topological polar surface area (TPSA) is 38.7 Å². The molecule has 3 aromatic heterocycles. The van der Waals surface area contributed by atoms with E-state index in [1.54, 1.807) is 0 Å². The Labute approximate surface area is 288 Å². The van der Waals surface area contributed by atoms with Gasteiger partial charge in [-0.3, -0.25) is 0 Å². The van der Waals surface area contributed by atoms with Crippen LogP contribution >= 0.6 is 0 Å². The normalized spacial score (nSPS) is 12.0. The molecule has 3 heteroatoms. The zero-order chi connectivity index (χ0) is 32.8. The number of benzene rings is 7. The van der Waals surface area contributed by atoms with Gasteiger partial charge in [-0.1, -0.05) is 115 Å². The average Bonchev–Trinajstić information content (AvgIpc) is 3.50. The van der Waals surface area contributed by atoms with E-state index < -0.39 is 0 Å². The van der Waals surface area contributed by atoms with Crippen molar-refractivity contribution < 1.29 is 0 Å². The molecule has 0 N–H and O–H groups in total. The van der Waals surface area contributed by atoms with Crippen LogP contribution < -0.4 is 0 Å². The Kier molecular flexibility index (Phi) is 5.67. The lowest BCUT2D eigenvalue weighted by atomic mass is 9.96. The minimum atomic E-state index is 0.905. The second-order valence-corrected chi connectivity index (χ2v) is 13.2. The van der Waals surface area contributed by atoms with Gasteiger partial charge < -0.3 is 0 Å². The number of hydrogen-bond acceptors (Lipinski definition) is 3. The summed E-state index contributed by atoms with van der Waals surface area (Å²) in [7, 11) is 0. The summed E-state index contributed by atoms with van der Waals surface area (Å²) in [6.07, 6.45) is 0. The number of aromatic nitrogens is 3. The molecule has 0 bridgehead atoms. The second-order valence-electron chi connectivity index (χ2n) is 13.2. The van der Waals surface area contributed by atoms with Gasteiger partial charge in [0.05, 0.1) is 33.5 Å². The fourth-order valence-electron chi connectivity index (χ4n) is 7.86. The van der Waals surface area contributed by atoms with Gasteiger partial charge in [-0.2, -0.15) is 0 Å². The molecule has 7 aromatic carbocycles. The van der Waals surface area contributed by atoms with Crippen molar-refractivity contribution >= 4 is 54.4 Å². The lowest BCUT2D eigenvalue weighted by Gasteiger charge is -2.11. The van der Waals surface area contributed by atoms with Crippen LogP contribution in [-0.4, -0.2) is 15.0 Å². The maximum absolute atomic E-state index is 5.27. The van der Waals surface area contributed by atoms with Gasteiger partial charge in [0.1, 0.15) is 0 Å². The van der Waals surface area contributed by atoms with E-state index in [1.807, 2.05) is 6.07 Å². The summed E-state index contributed by atoms with van der Waals surface area (Å²) in [5.41, 5.74) is 15.4. The molecule has 1 aliphatic rings. The molecule has 230 valence electrons. The van der Waals surface area contributed by atoms with Crippen LogP contribution in [0.4, 0.5) is 0 Å². The quantitative estimate of drug-likeness (QED) is 0.144. The van der Waals surface area contributed by atoms with Crippen LogP contribution in [0.25, 0.3) is 110 Å². The summed E-state index contributed by atoms with van der Waals surface area (Å²) >= 11 is 0. The maximum atomic E-state index is 5.27. The van der Waals surface area contributed by atoms with Gasteiger partial charge >= 0.3 is 0 Å². The zero-order valence-electron chi connectivity index (χ0n) is 26.9. The average molecular weight is 634 g/mol. The molecule has 1 aliphatic carbocycles. The fraction of sp³-hybridized carbons (Fsp3) is 0. The van der Waals surface area contributed by atoms with Gasteiger partial charge in [0.25, 0.3) is 0 Å². The number of nitrogens with zero attached hydrogens (tertiary/aromatic N) is 3. The first kappa shape index (κ1) is 27.3. The van der Waals surface area contributed by atoms with E-state index in [0.29, 0.717) is 0 Å². The van der Waals surface area contributed by atoms with Crippen LogP contribution in [0.5, 0.6) is 0 Å². The summed E-state index contributed by atoms with van der Waals surface area (Å²) in [5.74, 6) is 0. The molecule has 0 saturated carbocycles. The Bertz CT molecular complexity index is 3040. The highest BCUT2D eigenvalue weighted by molar-refractivity contribution is 6.15. The molecule has 11 rings (SSSR count). The third-order valence-electron chi connectivity index (χ3n) is 10.3. The first-order valence-electron chi connectivity index (χ1n) is 17.0. The van der Waals surface area contributed by atoms with E-state index in [1.165, 1.54) is 44.2 Å². The molecule has 3 heterocycles. The molecule has 0 saturated heterocycles. The Morgan fingerprint density at radius 1 is 0.280 bits per heavy atom. The van der Waals surface area contributed by atoms with Gasteiger partial charge in [-0.05, 0) is 92.7 Å². The van der Waals surface area contributed by atoms with Gasteiger partial charge in [0.2, 0.25) is 0 Å². The summed E-state index contributed by atoms with van der Waals surface area (Å²) in [6.45, 7) is 0. The molecule has 0 atom stereocenters. The third-order valence-corrected chi connectivity index (χ3v) is 10.3. The molecule has 50 heavy (non-hydrogen) atoms. The van der Waals surface area contributed by atoms with Crippen molar-refractivity contribution in [1.29, 1.82) is 0 Å². The lowest BCUT2D eigenvalue weighted by Crippen LogP contribution is -1.92. The van der Waals surface area contributed by atoms with Crippen molar-refractivity contribution in [3.05, 3.63) is 164 Å². The van der Waals surface area contributed by atoms with Crippen LogP contribution in [0, 0.1) is 0 Å². The maximum Gasteiger partial charge on any atom is 0.0972 e. The van der Waals surface area contributed by atoms with Crippen LogP contribution in [0.2, 0.25) is 0 Å². The third kappa shape index (κ3) is 4.14. The van der Waals surface area contributed by atoms with E-state index in [0.717, 1.165) is 66.1 Å². The lowest BCUT2D eigenvalue weighted by molar-refractivity contribution is 1.37. The molecule has 0 aliphatic heterocycles. The minimum Gasteiger partial charge on any atom is -0.248 e. The van der Waals surface area contributed by atoms with Crippen LogP contribution in [0.3, 0.4) is 0 Å². The van der Waals surface area contributed by atoms with E-state index >= 15 is 0 Å². The number of hydrogen-bond donors (Lipinski definition) is 0. The Morgan fingerprint density at radius 2 is 0.880 bits per heavy atom.